The van der Waals surface area contributed by atoms with Crippen molar-refractivity contribution in [2.45, 2.75) is 287 Å². The molecule has 3 N–H and O–H groups in total. The molecule has 0 unspecified atom stereocenters. The van der Waals surface area contributed by atoms with Crippen molar-refractivity contribution in [1.82, 2.24) is 63.4 Å². The fourth-order valence-corrected chi connectivity index (χ4v) is 16.6. The molecule has 0 bridgehead atoms. The Hall–Kier alpha value is -8.57. The van der Waals surface area contributed by atoms with Gasteiger partial charge in [0.1, 0.15) is 45.6 Å². The van der Waals surface area contributed by atoms with E-state index >= 15 is 0 Å². The number of pyridine rings is 2. The molecule has 0 aliphatic carbocycles. The molecule has 6 aliphatic heterocycles. The Bertz CT molecular complexity index is 5760. The van der Waals surface area contributed by atoms with Crippen LogP contribution in [0, 0.1) is 38.2 Å². The van der Waals surface area contributed by atoms with E-state index in [1.54, 1.807) is 20.8 Å². The Kier molecular flexibility index (Phi) is 27.4. The fraction of sp³-hybridized carbons (Fsp3) is 0.549. The topological polar surface area (TPSA) is 316 Å². The number of likely N-dealkylation sites (tertiary alicyclic amines) is 3. The molecule has 664 valence electrons. The second-order valence-electron chi connectivity index (χ2n) is 39.5. The van der Waals surface area contributed by atoms with Crippen molar-refractivity contribution in [3.05, 3.63) is 170 Å². The highest BCUT2D eigenvalue weighted by Crippen LogP contribution is 2.44. The van der Waals surface area contributed by atoms with Gasteiger partial charge in [0.2, 0.25) is 0 Å². The summed E-state index contributed by atoms with van der Waals surface area (Å²) >= 11 is 5.71. The first-order valence-corrected chi connectivity index (χ1v) is 44.8. The second kappa shape index (κ2) is 35.9. The van der Waals surface area contributed by atoms with Gasteiger partial charge in [-0.15, -0.1) is 0 Å². The maximum Gasteiger partial charge on any atom is 0.494 e. The minimum Gasteiger partial charge on any atom is -0.444 e. The van der Waals surface area contributed by atoms with Crippen molar-refractivity contribution in [2.75, 3.05) is 39.3 Å². The summed E-state index contributed by atoms with van der Waals surface area (Å²) in [5.74, 6) is 2.38. The Labute approximate surface area is 749 Å². The Morgan fingerprint density at radius 3 is 1.11 bits per heavy atom. The number of amides is 3. The number of aromatic amines is 3. The molecule has 6 fully saturated rings. The Morgan fingerprint density at radius 2 is 0.742 bits per heavy atom. The summed E-state index contributed by atoms with van der Waals surface area (Å²) in [5.41, 5.74) is 7.40. The minimum atomic E-state index is -0.538. The summed E-state index contributed by atoms with van der Waals surface area (Å²) in [6.45, 7) is 54.4. The van der Waals surface area contributed by atoms with Crippen molar-refractivity contribution < 1.29 is 56.5 Å². The van der Waals surface area contributed by atoms with Crippen LogP contribution in [0.1, 0.15) is 247 Å². The molecule has 16 rings (SSSR count). The van der Waals surface area contributed by atoms with Gasteiger partial charge in [-0.3, -0.25) is 14.4 Å². The van der Waals surface area contributed by atoms with Crippen molar-refractivity contribution in [3.8, 4) is 11.1 Å². The molecule has 124 heavy (non-hydrogen) atoms. The molecule has 7 aromatic heterocycles. The van der Waals surface area contributed by atoms with Crippen LogP contribution in [-0.4, -0.2) is 192 Å². The lowest BCUT2D eigenvalue weighted by molar-refractivity contribution is 0.00578. The van der Waals surface area contributed by atoms with Gasteiger partial charge in [0.05, 0.1) is 77.7 Å². The Morgan fingerprint density at radius 1 is 0.419 bits per heavy atom. The van der Waals surface area contributed by atoms with Gasteiger partial charge in [0.25, 0.3) is 16.7 Å². The zero-order valence-electron chi connectivity index (χ0n) is 76.9. The van der Waals surface area contributed by atoms with Gasteiger partial charge in [0, 0.05) is 89.9 Å². The molecule has 33 heteroatoms. The van der Waals surface area contributed by atoms with Crippen LogP contribution < -0.4 is 22.1 Å². The molecule has 6 saturated heterocycles. The van der Waals surface area contributed by atoms with Crippen molar-refractivity contribution in [2.24, 2.45) is 0 Å². The standard InChI is InChI=1S/C27H31N5O3.C25H36BN3O5.C19H24BrN3O3.C12H24B2O4.C8H7IN2/c1-16-12-20(19-6-7-22-28-17(2)14-32(22)15-19)13-21-23(16)29-24(30-25(21)33)18-8-10-31(11-9-18)26(34)35-27(3,4)5;1-15-13-17(26-33-24(5,6)25(7,8)34-26)14-18-19(15)27-20(28-21(18)30)16-9-11-29(12-10-16)22(31)32-23(2,3)4;1-11-9-13(20)10-14-15(11)21-16(22-17(14)24)12-5-7-23(8-6-12)18(25)26-19(2,3)4;1-9(2)10(3,4)16-13(15-9)14-17-11(5,6)12(7,8)18-14;1-6-4-11-5-7(9)2-3-8(11)10-6/h6-7,12-15,18H,8-11H2,1-5H3,(H,29,30,33);13-14,16H,9-12H2,1-8H3,(H,27,28,30);9-10,12H,5-8H2,1-4H3,(H,21,22,24);1-8H3;2-5H,1H3. The van der Waals surface area contributed by atoms with Gasteiger partial charge in [-0.05, 0) is 329 Å². The van der Waals surface area contributed by atoms with E-state index in [-0.39, 0.29) is 75.1 Å². The number of rotatable bonds is 6. The van der Waals surface area contributed by atoms with Gasteiger partial charge in [-0.1, -0.05) is 22.0 Å². The summed E-state index contributed by atoms with van der Waals surface area (Å²) in [5, 5.41) is 1.70. The number of hydrogen-bond acceptors (Lipinski definition) is 20. The SMILES string of the molecule is CC1(C)OB(B2OC(C)(C)C(C)(C)O2)OC1(C)C.Cc1cc(B2OC(C)(C)C(C)(C)O2)cc2c(=O)[nH]c(C3CCN(C(=O)OC(C)(C)C)CC3)nc12.Cc1cc(Br)cc2c(=O)[nH]c(C3CCN(C(=O)OC(C)(C)C)CC3)nc12.Cc1cn2cc(-c3cc(C)c4nc(C5CCN(C(=O)OC(C)(C)C)CC5)[nH]c(=O)c4c3)ccc2n1.Cc1cn2cc(I)ccc2n1. The third-order valence-electron chi connectivity index (χ3n) is 24.4. The molecule has 6 aliphatic rings. The number of halogens is 2. The number of hydrogen-bond donors (Lipinski definition) is 3. The molecule has 28 nitrogen and oxygen atoms in total. The highest BCUT2D eigenvalue weighted by atomic mass is 127. The number of imidazole rings is 2. The van der Waals surface area contributed by atoms with Crippen LogP contribution in [0.15, 0.2) is 104 Å². The minimum absolute atomic E-state index is 0.0814. The second-order valence-corrected chi connectivity index (χ2v) is 41.7. The summed E-state index contributed by atoms with van der Waals surface area (Å²) in [4.78, 5) is 113. The number of carbonyl (C=O) groups is 3. The predicted octanol–water partition coefficient (Wildman–Crippen LogP) is 17.2. The number of aryl methyl sites for hydroxylation is 5. The lowest BCUT2D eigenvalue weighted by Gasteiger charge is -2.33. The third-order valence-corrected chi connectivity index (χ3v) is 25.5. The number of carbonyl (C=O) groups excluding carboxylic acids is 3. The zero-order chi connectivity index (χ0) is 90.8. The first-order chi connectivity index (χ1) is 57.5. The number of nitrogens with one attached hydrogen (secondary N) is 3. The smallest absolute Gasteiger partial charge is 0.444 e. The van der Waals surface area contributed by atoms with Gasteiger partial charge < -0.3 is 80.6 Å². The van der Waals surface area contributed by atoms with Crippen LogP contribution in [0.4, 0.5) is 14.4 Å². The van der Waals surface area contributed by atoms with Crippen molar-refractivity contribution in [3.63, 3.8) is 0 Å². The number of benzene rings is 3. The number of piperidine rings is 3. The monoisotopic (exact) mass is 1880 g/mol. The predicted molar refractivity (Wildman–Crippen MR) is 498 cm³/mol. The van der Waals surface area contributed by atoms with Gasteiger partial charge >= 0.3 is 39.4 Å². The summed E-state index contributed by atoms with van der Waals surface area (Å²) < 4.78 is 58.7. The van der Waals surface area contributed by atoms with E-state index in [1.165, 1.54) is 3.57 Å². The van der Waals surface area contributed by atoms with E-state index in [9.17, 15) is 28.8 Å². The van der Waals surface area contributed by atoms with Crippen LogP contribution in [0.2, 0.25) is 0 Å². The van der Waals surface area contributed by atoms with E-state index in [0.29, 0.717) is 78.4 Å². The average molecular weight is 1880 g/mol. The lowest BCUT2D eigenvalue weighted by Crippen LogP contribution is -2.41. The summed E-state index contributed by atoms with van der Waals surface area (Å²) in [6, 6.07) is 19.7. The number of H-pyrrole nitrogens is 3. The lowest BCUT2D eigenvalue weighted by atomic mass is 9.49. The quantitative estimate of drug-likeness (QED) is 0.0791. The highest BCUT2D eigenvalue weighted by Gasteiger charge is 2.64. The maximum atomic E-state index is 13.1. The van der Waals surface area contributed by atoms with Crippen LogP contribution in [-0.2, 0) is 42.1 Å². The molecule has 3 aromatic carbocycles. The van der Waals surface area contributed by atoms with E-state index in [4.69, 9.17) is 57.1 Å². The fourth-order valence-electron chi connectivity index (χ4n) is 15.5. The zero-order valence-corrected chi connectivity index (χ0v) is 80.6. The molecule has 3 amide bonds. The third kappa shape index (κ3) is 22.0. The maximum absolute atomic E-state index is 13.1. The van der Waals surface area contributed by atoms with E-state index in [2.05, 4.69) is 81.8 Å². The van der Waals surface area contributed by atoms with Crippen molar-refractivity contribution >= 4 is 127 Å². The van der Waals surface area contributed by atoms with E-state index in [1.807, 2.05) is 250 Å². The normalized spacial score (nSPS) is 18.9. The molecular weight excluding hydrogens is 1750 g/mol. The summed E-state index contributed by atoms with van der Waals surface area (Å²) in [7, 11) is -1.49. The van der Waals surface area contributed by atoms with E-state index < -0.39 is 49.1 Å². The molecule has 10 aromatic rings. The van der Waals surface area contributed by atoms with Crippen LogP contribution >= 0.6 is 38.5 Å². The molecular formula is C91H122B3BrIN13O15. The summed E-state index contributed by atoms with van der Waals surface area (Å²) in [6.07, 6.45) is 11.7. The van der Waals surface area contributed by atoms with Crippen LogP contribution in [0.25, 0.3) is 55.1 Å². The first-order valence-electron chi connectivity index (χ1n) is 42.9. The van der Waals surface area contributed by atoms with Crippen LogP contribution in [0.3, 0.4) is 0 Å². The largest absolute Gasteiger partial charge is 0.494 e. The van der Waals surface area contributed by atoms with Gasteiger partial charge in [0.15, 0.2) is 0 Å². The van der Waals surface area contributed by atoms with Gasteiger partial charge in [-0.25, -0.2) is 39.3 Å². The number of ether oxygens (including phenoxy) is 3. The first kappa shape index (κ1) is 94.6. The van der Waals surface area contributed by atoms with Crippen molar-refractivity contribution in [1.29, 1.82) is 0 Å². The molecule has 0 atom stereocenters. The Balaban J connectivity index is 0.000000148. The van der Waals surface area contributed by atoms with Gasteiger partial charge in [-0.2, -0.15) is 0 Å². The number of aromatic nitrogens is 10. The average Bonchev–Trinajstić information content (AvgIpc) is 1.61. The van der Waals surface area contributed by atoms with E-state index in [0.717, 1.165) is 110 Å². The number of fused-ring (bicyclic) bond motifs is 5. The molecule has 0 radical (unpaired) electrons. The number of nitrogens with zero attached hydrogens (tertiary/aromatic N) is 10. The highest BCUT2D eigenvalue weighted by molar-refractivity contribution is 14.1. The van der Waals surface area contributed by atoms with Crippen LogP contribution in [0.5, 0.6) is 0 Å². The molecule has 13 heterocycles. The molecule has 0 saturated carbocycles. The molecule has 0 spiro atoms.